The number of nitrogens with two attached hydrogens (primary N) is 1. The minimum atomic E-state index is -1.03. The first-order valence-electron chi connectivity index (χ1n) is 11.5. The van der Waals surface area contributed by atoms with Crippen LogP contribution in [0.2, 0.25) is 0 Å². The van der Waals surface area contributed by atoms with E-state index in [0.29, 0.717) is 12.8 Å². The second-order valence-corrected chi connectivity index (χ2v) is 9.63. The van der Waals surface area contributed by atoms with Gasteiger partial charge in [0.1, 0.15) is 11.1 Å². The Hall–Kier alpha value is -3.23. The second kappa shape index (κ2) is 10.4. The van der Waals surface area contributed by atoms with E-state index in [9.17, 15) is 14.4 Å². The summed E-state index contributed by atoms with van der Waals surface area (Å²) in [6, 6.07) is 17.7. The Bertz CT molecular complexity index is 1010. The van der Waals surface area contributed by atoms with Gasteiger partial charge in [0.15, 0.2) is 0 Å². The van der Waals surface area contributed by atoms with Crippen LogP contribution in [-0.4, -0.2) is 46.1 Å². The van der Waals surface area contributed by atoms with Crippen LogP contribution < -0.4 is 16.5 Å². The average molecular weight is 467 g/mol. The Labute approximate surface area is 200 Å². The van der Waals surface area contributed by atoms with Gasteiger partial charge >= 0.3 is 6.09 Å². The number of rotatable bonds is 7. The summed E-state index contributed by atoms with van der Waals surface area (Å²) in [6.07, 6.45) is 0.377. The molecule has 8 nitrogen and oxygen atoms in total. The highest BCUT2D eigenvalue weighted by molar-refractivity contribution is 6.05. The highest BCUT2D eigenvalue weighted by atomic mass is 16.6. The van der Waals surface area contributed by atoms with Crippen LogP contribution >= 0.6 is 0 Å². The third kappa shape index (κ3) is 6.21. The first kappa shape index (κ1) is 25.4. The van der Waals surface area contributed by atoms with Gasteiger partial charge in [-0.05, 0) is 44.7 Å². The van der Waals surface area contributed by atoms with E-state index in [1.54, 1.807) is 20.8 Å². The summed E-state index contributed by atoms with van der Waals surface area (Å²) in [5, 5.41) is 3.99. The van der Waals surface area contributed by atoms with Gasteiger partial charge in [-0.1, -0.05) is 67.6 Å². The molecule has 0 spiro atoms. The average Bonchev–Trinajstić information content (AvgIpc) is 3.50. The number of hydrazine groups is 1. The number of imide groups is 1. The fourth-order valence-electron chi connectivity index (χ4n) is 4.02. The van der Waals surface area contributed by atoms with Crippen LogP contribution in [0.4, 0.5) is 4.79 Å². The molecular formula is C26H34N4O4. The monoisotopic (exact) mass is 466 g/mol. The van der Waals surface area contributed by atoms with Gasteiger partial charge in [-0.2, -0.15) is 5.01 Å². The molecule has 1 unspecified atom stereocenters. The highest BCUT2D eigenvalue weighted by Gasteiger charge is 2.61. The van der Waals surface area contributed by atoms with E-state index in [4.69, 9.17) is 10.5 Å². The summed E-state index contributed by atoms with van der Waals surface area (Å²) < 4.78 is 5.31. The summed E-state index contributed by atoms with van der Waals surface area (Å²) in [6.45, 7) is 7.07. The smallest absolute Gasteiger partial charge is 0.427 e. The second-order valence-electron chi connectivity index (χ2n) is 9.63. The normalized spacial score (nSPS) is 20.2. The fraction of sp³-hybridized carbons (Fsp3) is 0.423. The molecule has 2 aromatic rings. The van der Waals surface area contributed by atoms with Gasteiger partial charge < -0.3 is 10.5 Å². The Kier molecular flexibility index (Phi) is 7.74. The minimum Gasteiger partial charge on any atom is -0.443 e. The molecule has 1 aliphatic rings. The largest absolute Gasteiger partial charge is 0.443 e. The van der Waals surface area contributed by atoms with Crippen molar-refractivity contribution in [1.82, 2.24) is 15.8 Å². The molecule has 1 heterocycles. The zero-order valence-corrected chi connectivity index (χ0v) is 20.2. The number of hydrogen-bond acceptors (Lipinski definition) is 6. The van der Waals surface area contributed by atoms with Gasteiger partial charge in [-0.15, -0.1) is 0 Å². The van der Waals surface area contributed by atoms with E-state index in [2.05, 4.69) is 10.7 Å². The first-order chi connectivity index (χ1) is 16.1. The van der Waals surface area contributed by atoms with Crippen LogP contribution in [0.5, 0.6) is 0 Å². The van der Waals surface area contributed by atoms with E-state index < -0.39 is 35.1 Å². The van der Waals surface area contributed by atoms with E-state index in [-0.39, 0.29) is 12.5 Å². The van der Waals surface area contributed by atoms with Crippen molar-refractivity contribution >= 4 is 17.9 Å². The summed E-state index contributed by atoms with van der Waals surface area (Å²) in [4.78, 5) is 39.8. The van der Waals surface area contributed by atoms with Gasteiger partial charge in [-0.25, -0.2) is 10.2 Å². The van der Waals surface area contributed by atoms with Crippen LogP contribution in [0.1, 0.15) is 45.2 Å². The molecule has 182 valence electrons. The number of amides is 3. The summed E-state index contributed by atoms with van der Waals surface area (Å²) in [7, 11) is 0. The predicted octanol–water partition coefficient (Wildman–Crippen LogP) is 2.71. The van der Waals surface area contributed by atoms with Crippen LogP contribution in [0.3, 0.4) is 0 Å². The molecule has 34 heavy (non-hydrogen) atoms. The number of carbonyl (C=O) groups excluding carboxylic acids is 3. The summed E-state index contributed by atoms with van der Waals surface area (Å²) in [5.41, 5.74) is 8.55. The molecule has 4 N–H and O–H groups in total. The maximum Gasteiger partial charge on any atom is 0.427 e. The van der Waals surface area contributed by atoms with Crippen LogP contribution in [0, 0.1) is 0 Å². The van der Waals surface area contributed by atoms with Crippen molar-refractivity contribution in [1.29, 1.82) is 0 Å². The quantitative estimate of drug-likeness (QED) is 0.426. The fourth-order valence-corrected chi connectivity index (χ4v) is 4.02. The van der Waals surface area contributed by atoms with Crippen molar-refractivity contribution in [3.05, 3.63) is 71.8 Å². The SMILES string of the molecule is CCC1N[C@@]1(Cc1ccccc1)C(=O)N(NC(=O)OC(C)(C)C)C(=O)[C@@H](N)Cc1ccccc1. The number of hydrogen-bond donors (Lipinski definition) is 3. The van der Waals surface area contributed by atoms with Gasteiger partial charge in [0.05, 0.1) is 6.04 Å². The van der Waals surface area contributed by atoms with Crippen LogP contribution in [0.25, 0.3) is 0 Å². The summed E-state index contributed by atoms with van der Waals surface area (Å²) >= 11 is 0. The van der Waals surface area contributed by atoms with E-state index in [1.165, 1.54) is 0 Å². The van der Waals surface area contributed by atoms with Crippen molar-refractivity contribution in [2.45, 2.75) is 70.2 Å². The standard InChI is InChI=1S/C26H34N4O4/c1-5-21-26(28-21,17-19-14-10-7-11-15-19)23(32)30(29-24(33)34-25(2,3)4)22(31)20(27)16-18-12-8-6-9-13-18/h6-15,20-21,28H,5,16-17,27H2,1-4H3,(H,29,33)/t20-,21?,26+/m0/s1. The van der Waals surface area contributed by atoms with Gasteiger partial charge in [-0.3, -0.25) is 14.9 Å². The molecule has 3 amide bonds. The van der Waals surface area contributed by atoms with Crippen LogP contribution in [-0.2, 0) is 27.2 Å². The number of benzene rings is 2. The Morgan fingerprint density at radius 1 is 1.06 bits per heavy atom. The van der Waals surface area contributed by atoms with E-state index in [0.717, 1.165) is 16.1 Å². The topological polar surface area (TPSA) is 124 Å². The lowest BCUT2D eigenvalue weighted by atomic mass is 9.93. The molecule has 1 fully saturated rings. The molecule has 0 saturated carbocycles. The molecule has 1 saturated heterocycles. The summed E-state index contributed by atoms with van der Waals surface area (Å²) in [5.74, 6) is -1.25. The molecule has 1 aliphatic heterocycles. The van der Waals surface area contributed by atoms with Crippen molar-refractivity contribution in [3.63, 3.8) is 0 Å². The van der Waals surface area contributed by atoms with E-state index >= 15 is 0 Å². The zero-order valence-electron chi connectivity index (χ0n) is 20.2. The lowest BCUT2D eigenvalue weighted by Crippen LogP contribution is -2.60. The van der Waals surface area contributed by atoms with Crippen molar-refractivity contribution in [2.24, 2.45) is 5.73 Å². The lowest BCUT2D eigenvalue weighted by Gasteiger charge is -2.29. The molecule has 0 radical (unpaired) electrons. The van der Waals surface area contributed by atoms with Crippen molar-refractivity contribution in [2.75, 3.05) is 0 Å². The number of nitrogens with zero attached hydrogens (tertiary/aromatic N) is 1. The maximum atomic E-state index is 13.8. The van der Waals surface area contributed by atoms with Gasteiger partial charge in [0.2, 0.25) is 0 Å². The minimum absolute atomic E-state index is 0.138. The maximum absolute atomic E-state index is 13.8. The molecule has 8 heteroatoms. The molecule has 0 aromatic heterocycles. The third-order valence-electron chi connectivity index (χ3n) is 5.70. The lowest BCUT2D eigenvalue weighted by molar-refractivity contribution is -0.151. The van der Waals surface area contributed by atoms with Crippen molar-refractivity contribution in [3.8, 4) is 0 Å². The number of nitrogens with one attached hydrogen (secondary N) is 2. The predicted molar refractivity (Wildman–Crippen MR) is 129 cm³/mol. The molecular weight excluding hydrogens is 432 g/mol. The Morgan fingerprint density at radius 3 is 2.12 bits per heavy atom. The van der Waals surface area contributed by atoms with E-state index in [1.807, 2.05) is 67.6 Å². The molecule has 2 aromatic carbocycles. The molecule has 0 bridgehead atoms. The third-order valence-corrected chi connectivity index (χ3v) is 5.70. The molecule has 0 aliphatic carbocycles. The highest BCUT2D eigenvalue weighted by Crippen LogP contribution is 2.35. The molecule has 3 rings (SSSR count). The first-order valence-corrected chi connectivity index (χ1v) is 11.5. The number of carbonyl (C=O) groups is 3. The Balaban J connectivity index is 1.87. The number of ether oxygens (including phenoxy) is 1. The zero-order chi connectivity index (χ0) is 24.9. The van der Waals surface area contributed by atoms with Crippen molar-refractivity contribution < 1.29 is 19.1 Å². The molecule has 3 atom stereocenters. The van der Waals surface area contributed by atoms with Gasteiger partial charge in [0.25, 0.3) is 11.8 Å². The Morgan fingerprint density at radius 2 is 1.62 bits per heavy atom. The van der Waals surface area contributed by atoms with Crippen LogP contribution in [0.15, 0.2) is 60.7 Å². The van der Waals surface area contributed by atoms with Gasteiger partial charge in [0, 0.05) is 12.5 Å².